The van der Waals surface area contributed by atoms with Crippen LogP contribution in [0.4, 0.5) is 0 Å². The summed E-state index contributed by atoms with van der Waals surface area (Å²) in [6, 6.07) is 4.46. The van der Waals surface area contributed by atoms with Gasteiger partial charge in [-0.15, -0.1) is 0 Å². The van der Waals surface area contributed by atoms with Crippen LogP contribution in [0.2, 0.25) is 5.02 Å². The molecule has 0 spiro atoms. The van der Waals surface area contributed by atoms with Gasteiger partial charge in [0.2, 0.25) is 0 Å². The molecule has 1 amide bonds. The fourth-order valence-electron chi connectivity index (χ4n) is 2.14. The summed E-state index contributed by atoms with van der Waals surface area (Å²) >= 11 is 5.98. The summed E-state index contributed by atoms with van der Waals surface area (Å²) in [5.74, 6) is 0.991. The molecule has 17 heavy (non-hydrogen) atoms. The second-order valence-corrected chi connectivity index (χ2v) is 5.24. The maximum Gasteiger partial charge on any atom is 0.255 e. The van der Waals surface area contributed by atoms with Crippen LogP contribution in [0.5, 0.6) is 5.75 Å². The number of phenolic OH excluding ortho intramolecular Hbond substituents is 1. The first kappa shape index (κ1) is 12.2. The van der Waals surface area contributed by atoms with E-state index in [-0.39, 0.29) is 11.7 Å². The van der Waals surface area contributed by atoms with E-state index in [0.29, 0.717) is 22.4 Å². The number of phenols is 1. The first-order valence-electron chi connectivity index (χ1n) is 5.77. The molecule has 0 aliphatic carbocycles. The number of carbonyl (C=O) groups excluding carboxylic acids is 1. The Morgan fingerprint density at radius 1 is 1.35 bits per heavy atom. The van der Waals surface area contributed by atoms with E-state index in [1.165, 1.54) is 12.1 Å². The summed E-state index contributed by atoms with van der Waals surface area (Å²) in [5, 5.41) is 9.79. The van der Waals surface area contributed by atoms with E-state index in [1.54, 1.807) is 11.0 Å². The molecule has 3 nitrogen and oxygen atoms in total. The monoisotopic (exact) mass is 253 g/mol. The van der Waals surface area contributed by atoms with Crippen LogP contribution in [0, 0.1) is 11.8 Å². The van der Waals surface area contributed by atoms with Crippen molar-refractivity contribution in [3.63, 3.8) is 0 Å². The summed E-state index contributed by atoms with van der Waals surface area (Å²) in [7, 11) is 0. The number of likely N-dealkylation sites (tertiary alicyclic amines) is 1. The van der Waals surface area contributed by atoms with Crippen LogP contribution in [-0.2, 0) is 0 Å². The summed E-state index contributed by atoms with van der Waals surface area (Å²) in [6.45, 7) is 5.79. The van der Waals surface area contributed by atoms with Gasteiger partial charge in [0.05, 0.1) is 10.6 Å². The van der Waals surface area contributed by atoms with Gasteiger partial charge >= 0.3 is 0 Å². The molecule has 2 atom stereocenters. The van der Waals surface area contributed by atoms with Gasteiger partial charge in [-0.3, -0.25) is 4.79 Å². The molecule has 1 aliphatic heterocycles. The predicted octanol–water partition coefficient (Wildman–Crippen LogP) is 2.77. The van der Waals surface area contributed by atoms with Crippen LogP contribution in [0.3, 0.4) is 0 Å². The van der Waals surface area contributed by atoms with Crippen LogP contribution >= 0.6 is 11.6 Å². The van der Waals surface area contributed by atoms with Crippen molar-refractivity contribution in [3.05, 3.63) is 28.8 Å². The topological polar surface area (TPSA) is 40.5 Å². The zero-order valence-corrected chi connectivity index (χ0v) is 10.7. The average molecular weight is 254 g/mol. The molecule has 1 N–H and O–H groups in total. The third kappa shape index (κ3) is 2.39. The van der Waals surface area contributed by atoms with Crippen molar-refractivity contribution in [2.24, 2.45) is 11.8 Å². The third-order valence-corrected chi connectivity index (χ3v) is 3.79. The van der Waals surface area contributed by atoms with Gasteiger partial charge in [0.15, 0.2) is 0 Å². The van der Waals surface area contributed by atoms with Gasteiger partial charge < -0.3 is 10.0 Å². The normalized spacial score (nSPS) is 24.1. The molecule has 0 saturated carbocycles. The number of hydrogen-bond donors (Lipinski definition) is 1. The lowest BCUT2D eigenvalue weighted by Gasteiger charge is -2.17. The molecule has 92 valence electrons. The van der Waals surface area contributed by atoms with Gasteiger partial charge in [-0.1, -0.05) is 25.4 Å². The minimum absolute atomic E-state index is 0.0676. The minimum atomic E-state index is -0.0953. The number of rotatable bonds is 1. The molecular weight excluding hydrogens is 238 g/mol. The van der Waals surface area contributed by atoms with E-state index in [2.05, 4.69) is 13.8 Å². The Labute approximate surface area is 106 Å². The molecule has 1 heterocycles. The minimum Gasteiger partial charge on any atom is -0.508 e. The van der Waals surface area contributed by atoms with Crippen LogP contribution in [0.15, 0.2) is 18.2 Å². The Bertz CT molecular complexity index is 437. The Balaban J connectivity index is 2.23. The lowest BCUT2D eigenvalue weighted by molar-refractivity contribution is 0.0785. The quantitative estimate of drug-likeness (QED) is 0.836. The van der Waals surface area contributed by atoms with Gasteiger partial charge in [0.25, 0.3) is 5.91 Å². The molecule has 1 saturated heterocycles. The van der Waals surface area contributed by atoms with Gasteiger partial charge in [-0.2, -0.15) is 0 Å². The fourth-order valence-corrected chi connectivity index (χ4v) is 2.34. The highest BCUT2D eigenvalue weighted by Crippen LogP contribution is 2.27. The van der Waals surface area contributed by atoms with Crippen LogP contribution < -0.4 is 0 Å². The summed E-state index contributed by atoms with van der Waals surface area (Å²) < 4.78 is 0. The third-order valence-electron chi connectivity index (χ3n) is 3.46. The van der Waals surface area contributed by atoms with Crippen molar-refractivity contribution in [3.8, 4) is 5.75 Å². The predicted molar refractivity (Wildman–Crippen MR) is 67.3 cm³/mol. The van der Waals surface area contributed by atoms with E-state index in [4.69, 9.17) is 11.6 Å². The molecule has 1 aliphatic rings. The van der Waals surface area contributed by atoms with Gasteiger partial charge in [0.1, 0.15) is 5.75 Å². The van der Waals surface area contributed by atoms with Crippen molar-refractivity contribution in [1.29, 1.82) is 0 Å². The molecule has 0 aromatic heterocycles. The standard InChI is InChI=1S/C13H16ClNO2/c1-8-6-15(7-9(8)2)13(17)11-5-10(16)3-4-12(11)14/h3-5,8-9,16H,6-7H2,1-2H3. The number of benzene rings is 1. The van der Waals surface area contributed by atoms with E-state index in [0.717, 1.165) is 13.1 Å². The van der Waals surface area contributed by atoms with E-state index in [1.807, 2.05) is 0 Å². The van der Waals surface area contributed by atoms with Crippen molar-refractivity contribution in [2.45, 2.75) is 13.8 Å². The number of hydrogen-bond acceptors (Lipinski definition) is 2. The number of nitrogens with zero attached hydrogens (tertiary/aromatic N) is 1. The molecule has 4 heteroatoms. The van der Waals surface area contributed by atoms with Crippen LogP contribution in [-0.4, -0.2) is 29.0 Å². The first-order chi connectivity index (χ1) is 7.99. The maximum absolute atomic E-state index is 12.2. The smallest absolute Gasteiger partial charge is 0.255 e. The summed E-state index contributed by atoms with van der Waals surface area (Å²) in [6.07, 6.45) is 0. The molecule has 1 aromatic carbocycles. The van der Waals surface area contributed by atoms with Crippen molar-refractivity contribution < 1.29 is 9.90 Å². The first-order valence-corrected chi connectivity index (χ1v) is 6.14. The Hall–Kier alpha value is -1.22. The van der Waals surface area contributed by atoms with E-state index < -0.39 is 0 Å². The lowest BCUT2D eigenvalue weighted by Crippen LogP contribution is -2.29. The molecule has 0 bridgehead atoms. The zero-order valence-electron chi connectivity index (χ0n) is 9.98. The number of amides is 1. The summed E-state index contributed by atoms with van der Waals surface area (Å²) in [5.41, 5.74) is 0.382. The zero-order chi connectivity index (χ0) is 12.6. The van der Waals surface area contributed by atoms with Gasteiger partial charge in [-0.25, -0.2) is 0 Å². The SMILES string of the molecule is CC1CN(C(=O)c2cc(O)ccc2Cl)CC1C. The molecule has 0 radical (unpaired) electrons. The second-order valence-electron chi connectivity index (χ2n) is 4.83. The van der Waals surface area contributed by atoms with Crippen LogP contribution in [0.1, 0.15) is 24.2 Å². The van der Waals surface area contributed by atoms with Crippen molar-refractivity contribution in [1.82, 2.24) is 4.90 Å². The Morgan fingerprint density at radius 2 is 1.94 bits per heavy atom. The fraction of sp³-hybridized carbons (Fsp3) is 0.462. The largest absolute Gasteiger partial charge is 0.508 e. The molecule has 1 fully saturated rings. The Kier molecular flexibility index (Phi) is 3.29. The van der Waals surface area contributed by atoms with Gasteiger partial charge in [-0.05, 0) is 30.0 Å². The van der Waals surface area contributed by atoms with Crippen molar-refractivity contribution >= 4 is 17.5 Å². The molecular formula is C13H16ClNO2. The van der Waals surface area contributed by atoms with Gasteiger partial charge in [0, 0.05) is 13.1 Å². The van der Waals surface area contributed by atoms with Crippen LogP contribution in [0.25, 0.3) is 0 Å². The molecule has 2 rings (SSSR count). The highest BCUT2D eigenvalue weighted by atomic mass is 35.5. The van der Waals surface area contributed by atoms with E-state index >= 15 is 0 Å². The number of halogens is 1. The molecule has 2 unspecified atom stereocenters. The second kappa shape index (κ2) is 4.57. The molecule has 1 aromatic rings. The highest BCUT2D eigenvalue weighted by Gasteiger charge is 2.30. The average Bonchev–Trinajstić information content (AvgIpc) is 2.62. The number of carbonyl (C=O) groups is 1. The number of aromatic hydroxyl groups is 1. The lowest BCUT2D eigenvalue weighted by atomic mass is 10.0. The summed E-state index contributed by atoms with van der Waals surface area (Å²) in [4.78, 5) is 14.0. The van der Waals surface area contributed by atoms with Crippen molar-refractivity contribution in [2.75, 3.05) is 13.1 Å². The highest BCUT2D eigenvalue weighted by molar-refractivity contribution is 6.33. The Morgan fingerprint density at radius 3 is 2.53 bits per heavy atom. The van der Waals surface area contributed by atoms with E-state index in [9.17, 15) is 9.90 Å². The maximum atomic E-state index is 12.2.